The molecule has 0 aromatic rings. The highest BCUT2D eigenvalue weighted by Crippen LogP contribution is 2.43. The van der Waals surface area contributed by atoms with Gasteiger partial charge in [0, 0.05) is 18.0 Å². The molecule has 2 nitrogen and oxygen atoms in total. The third kappa shape index (κ3) is 2.57. The molecule has 0 unspecified atom stereocenters. The van der Waals surface area contributed by atoms with E-state index >= 15 is 0 Å². The van der Waals surface area contributed by atoms with Crippen molar-refractivity contribution in [1.29, 1.82) is 0 Å². The van der Waals surface area contributed by atoms with Crippen LogP contribution in [0.5, 0.6) is 0 Å². The summed E-state index contributed by atoms with van der Waals surface area (Å²) in [6, 6.07) is 0. The van der Waals surface area contributed by atoms with Gasteiger partial charge in [-0.25, -0.2) is 0 Å². The van der Waals surface area contributed by atoms with Crippen LogP contribution in [0.4, 0.5) is 0 Å². The maximum atomic E-state index is 12.3. The van der Waals surface area contributed by atoms with E-state index in [1.807, 2.05) is 0 Å². The second-order valence-electron chi connectivity index (χ2n) is 6.97. The van der Waals surface area contributed by atoms with Crippen LogP contribution in [0.3, 0.4) is 0 Å². The number of rotatable bonds is 2. The molecule has 0 spiro atoms. The molecule has 0 aromatic heterocycles. The first-order valence-electron chi connectivity index (χ1n) is 7.79. The number of hydrogen-bond acceptors (Lipinski definition) is 1. The van der Waals surface area contributed by atoms with Crippen LogP contribution in [0.1, 0.15) is 85.0 Å². The summed E-state index contributed by atoms with van der Waals surface area (Å²) in [6.07, 6.45) is 12.6. The zero-order valence-electron chi connectivity index (χ0n) is 12.4. The van der Waals surface area contributed by atoms with Crippen molar-refractivity contribution in [2.45, 2.75) is 96.1 Å². The van der Waals surface area contributed by atoms with Crippen molar-refractivity contribution >= 4 is 5.91 Å². The Hall–Kier alpha value is -0.530. The number of hydrogen-bond donors (Lipinski definition) is 0. The molecule has 0 heterocycles. The lowest BCUT2D eigenvalue weighted by Crippen LogP contribution is -2.61. The second-order valence-corrected chi connectivity index (χ2v) is 6.97. The molecule has 2 rings (SSSR count). The molecule has 104 valence electrons. The number of carbonyl (C=O) groups is 1. The van der Waals surface area contributed by atoms with Gasteiger partial charge in [0.1, 0.15) is 0 Å². The van der Waals surface area contributed by atoms with E-state index in [2.05, 4.69) is 18.7 Å². The molecule has 0 aliphatic heterocycles. The molecular weight excluding hydrogens is 222 g/mol. The summed E-state index contributed by atoms with van der Waals surface area (Å²) in [4.78, 5) is 14.6. The van der Waals surface area contributed by atoms with Gasteiger partial charge in [0.2, 0.25) is 5.91 Å². The first-order chi connectivity index (χ1) is 8.48. The third-order valence-corrected chi connectivity index (χ3v) is 5.26. The molecule has 0 aromatic carbocycles. The van der Waals surface area contributed by atoms with E-state index in [-0.39, 0.29) is 11.1 Å². The predicted molar refractivity (Wildman–Crippen MR) is 75.5 cm³/mol. The molecule has 1 amide bonds. The fraction of sp³-hybridized carbons (Fsp3) is 0.938. The lowest BCUT2D eigenvalue weighted by molar-refractivity contribution is -0.148. The van der Waals surface area contributed by atoms with Gasteiger partial charge in [0.15, 0.2) is 0 Å². The van der Waals surface area contributed by atoms with Crippen molar-refractivity contribution in [1.82, 2.24) is 4.90 Å². The van der Waals surface area contributed by atoms with Crippen LogP contribution in [0.15, 0.2) is 0 Å². The van der Waals surface area contributed by atoms with Crippen molar-refractivity contribution in [3.05, 3.63) is 0 Å². The molecule has 2 aliphatic rings. The number of nitrogens with zero attached hydrogens (tertiary/aromatic N) is 1. The van der Waals surface area contributed by atoms with E-state index in [0.717, 1.165) is 0 Å². The minimum Gasteiger partial charge on any atom is -0.332 e. The van der Waals surface area contributed by atoms with Crippen molar-refractivity contribution in [3.8, 4) is 0 Å². The molecular formula is C16H29NO. The standard InChI is InChI=1S/C16H29NO/c1-14(18)17(15(2)10-6-4-7-11-15)16(3)12-8-5-9-13-16/h4-13H2,1-3H3. The Labute approximate surface area is 112 Å². The molecule has 2 fully saturated rings. The molecule has 2 saturated carbocycles. The molecule has 0 bridgehead atoms. The van der Waals surface area contributed by atoms with Crippen LogP contribution in [0.2, 0.25) is 0 Å². The quantitative estimate of drug-likeness (QED) is 0.717. The summed E-state index contributed by atoms with van der Waals surface area (Å²) in [7, 11) is 0. The van der Waals surface area contributed by atoms with Crippen LogP contribution in [0.25, 0.3) is 0 Å². The Morgan fingerprint density at radius 2 is 1.11 bits per heavy atom. The smallest absolute Gasteiger partial charge is 0.220 e. The largest absolute Gasteiger partial charge is 0.332 e. The summed E-state index contributed by atoms with van der Waals surface area (Å²) in [5.74, 6) is 0.295. The molecule has 2 heteroatoms. The van der Waals surface area contributed by atoms with Crippen molar-refractivity contribution < 1.29 is 4.79 Å². The average molecular weight is 251 g/mol. The Kier molecular flexibility index (Phi) is 4.03. The highest BCUT2D eigenvalue weighted by molar-refractivity contribution is 5.75. The summed E-state index contributed by atoms with van der Waals surface area (Å²) in [5, 5.41) is 0. The molecule has 2 aliphatic carbocycles. The van der Waals surface area contributed by atoms with Gasteiger partial charge >= 0.3 is 0 Å². The molecule has 0 N–H and O–H groups in total. The Morgan fingerprint density at radius 3 is 1.39 bits per heavy atom. The highest BCUT2D eigenvalue weighted by atomic mass is 16.2. The topological polar surface area (TPSA) is 20.3 Å². The molecule has 18 heavy (non-hydrogen) atoms. The average Bonchev–Trinajstić information content (AvgIpc) is 2.29. The van der Waals surface area contributed by atoms with Crippen LogP contribution < -0.4 is 0 Å². The normalized spacial score (nSPS) is 26.6. The summed E-state index contributed by atoms with van der Waals surface area (Å²) >= 11 is 0. The Bertz CT molecular complexity index is 274. The fourth-order valence-electron chi connectivity index (χ4n) is 4.49. The zero-order chi connectivity index (χ0) is 13.2. The fourth-order valence-corrected chi connectivity index (χ4v) is 4.49. The van der Waals surface area contributed by atoms with Gasteiger partial charge < -0.3 is 4.90 Å². The van der Waals surface area contributed by atoms with E-state index in [9.17, 15) is 4.79 Å². The molecule has 0 radical (unpaired) electrons. The van der Waals surface area contributed by atoms with Crippen molar-refractivity contribution in [2.75, 3.05) is 0 Å². The Morgan fingerprint density at radius 1 is 0.778 bits per heavy atom. The van der Waals surface area contributed by atoms with Gasteiger partial charge in [-0.05, 0) is 39.5 Å². The number of amides is 1. The highest BCUT2D eigenvalue weighted by Gasteiger charge is 2.45. The van der Waals surface area contributed by atoms with Gasteiger partial charge in [-0.1, -0.05) is 38.5 Å². The van der Waals surface area contributed by atoms with Crippen LogP contribution in [0, 0.1) is 0 Å². The van der Waals surface area contributed by atoms with Gasteiger partial charge in [-0.3, -0.25) is 4.79 Å². The van der Waals surface area contributed by atoms with E-state index in [4.69, 9.17) is 0 Å². The molecule has 0 saturated heterocycles. The zero-order valence-corrected chi connectivity index (χ0v) is 12.4. The summed E-state index contributed by atoms with van der Waals surface area (Å²) < 4.78 is 0. The summed E-state index contributed by atoms with van der Waals surface area (Å²) in [6.45, 7) is 6.43. The minimum absolute atomic E-state index is 0.121. The van der Waals surface area contributed by atoms with E-state index in [0.29, 0.717) is 5.91 Å². The minimum atomic E-state index is 0.121. The maximum absolute atomic E-state index is 12.3. The summed E-state index contributed by atoms with van der Waals surface area (Å²) in [5.41, 5.74) is 0.242. The lowest BCUT2D eigenvalue weighted by Gasteiger charge is -2.54. The monoisotopic (exact) mass is 251 g/mol. The van der Waals surface area contributed by atoms with Gasteiger partial charge in [0.25, 0.3) is 0 Å². The maximum Gasteiger partial charge on any atom is 0.220 e. The predicted octanol–water partition coefficient (Wildman–Crippen LogP) is 4.28. The third-order valence-electron chi connectivity index (χ3n) is 5.26. The first kappa shape index (κ1) is 13.9. The van der Waals surface area contributed by atoms with E-state index in [1.165, 1.54) is 64.2 Å². The second kappa shape index (κ2) is 5.22. The van der Waals surface area contributed by atoms with Crippen LogP contribution in [-0.2, 0) is 4.79 Å². The van der Waals surface area contributed by atoms with E-state index < -0.39 is 0 Å². The van der Waals surface area contributed by atoms with Crippen molar-refractivity contribution in [2.24, 2.45) is 0 Å². The number of carbonyl (C=O) groups excluding carboxylic acids is 1. The lowest BCUT2D eigenvalue weighted by atomic mass is 9.74. The van der Waals surface area contributed by atoms with Gasteiger partial charge in [-0.15, -0.1) is 0 Å². The van der Waals surface area contributed by atoms with Gasteiger partial charge in [-0.2, -0.15) is 0 Å². The van der Waals surface area contributed by atoms with Crippen LogP contribution >= 0.6 is 0 Å². The van der Waals surface area contributed by atoms with Crippen LogP contribution in [-0.4, -0.2) is 21.9 Å². The SMILES string of the molecule is CC(=O)N(C1(C)CCCCC1)C1(C)CCCCC1. The van der Waals surface area contributed by atoms with Crippen molar-refractivity contribution in [3.63, 3.8) is 0 Å². The Balaban J connectivity index is 2.23. The molecule has 0 atom stereocenters. The van der Waals surface area contributed by atoms with E-state index in [1.54, 1.807) is 6.92 Å². The van der Waals surface area contributed by atoms with Gasteiger partial charge in [0.05, 0.1) is 0 Å². The first-order valence-corrected chi connectivity index (χ1v) is 7.79.